The Morgan fingerprint density at radius 3 is 2.59 bits per heavy atom. The number of amides is 1. The number of rotatable bonds is 6. The van der Waals surface area contributed by atoms with E-state index in [2.05, 4.69) is 21.2 Å². The van der Waals surface area contributed by atoms with Crippen LogP contribution in [-0.2, 0) is 11.3 Å². The van der Waals surface area contributed by atoms with Crippen LogP contribution in [0.1, 0.15) is 37.1 Å². The topological polar surface area (TPSA) is 51.1 Å². The highest BCUT2D eigenvalue weighted by atomic mass is 79.9. The van der Waals surface area contributed by atoms with Crippen LogP contribution in [0.25, 0.3) is 0 Å². The lowest BCUT2D eigenvalue weighted by atomic mass is 10.0. The highest BCUT2D eigenvalue weighted by Gasteiger charge is 2.13. The van der Waals surface area contributed by atoms with Gasteiger partial charge in [0.05, 0.1) is 6.04 Å². The van der Waals surface area contributed by atoms with Crippen molar-refractivity contribution in [2.24, 2.45) is 0 Å². The van der Waals surface area contributed by atoms with E-state index in [-0.39, 0.29) is 16.8 Å². The van der Waals surface area contributed by atoms with E-state index in [1.54, 1.807) is 4.57 Å². The van der Waals surface area contributed by atoms with Crippen LogP contribution in [0.5, 0.6) is 0 Å². The van der Waals surface area contributed by atoms with E-state index < -0.39 is 0 Å². The fraction of sp³-hybridized carbons (Fsp3) is 0.375. The predicted octanol–water partition coefficient (Wildman–Crippen LogP) is 3.64. The Morgan fingerprint density at radius 1 is 1.36 bits per heavy atom. The number of nitrogens with zero attached hydrogens (tertiary/aromatic N) is 1. The van der Waals surface area contributed by atoms with Gasteiger partial charge in [-0.05, 0) is 31.0 Å². The molecule has 1 atom stereocenters. The van der Waals surface area contributed by atoms with Crippen molar-refractivity contribution in [3.05, 3.63) is 55.0 Å². The number of halogens is 1. The molecule has 6 heteroatoms. The number of aryl methyl sites for hydroxylation is 1. The van der Waals surface area contributed by atoms with Crippen LogP contribution in [0, 0.1) is 6.92 Å². The van der Waals surface area contributed by atoms with E-state index in [1.165, 1.54) is 11.3 Å². The number of thiazole rings is 1. The molecule has 1 aromatic carbocycles. The molecule has 0 saturated heterocycles. The third-order valence-electron chi connectivity index (χ3n) is 3.55. The number of hydrogen-bond donors (Lipinski definition) is 1. The minimum Gasteiger partial charge on any atom is -0.349 e. The van der Waals surface area contributed by atoms with Crippen molar-refractivity contribution in [1.29, 1.82) is 0 Å². The molecule has 0 aliphatic rings. The van der Waals surface area contributed by atoms with Gasteiger partial charge in [-0.25, -0.2) is 0 Å². The van der Waals surface area contributed by atoms with Crippen molar-refractivity contribution in [1.82, 2.24) is 9.88 Å². The molecule has 118 valence electrons. The van der Waals surface area contributed by atoms with Crippen LogP contribution in [-0.4, -0.2) is 10.5 Å². The van der Waals surface area contributed by atoms with Crippen molar-refractivity contribution < 1.29 is 4.79 Å². The molecule has 0 bridgehead atoms. The molecule has 0 radical (unpaired) electrons. The van der Waals surface area contributed by atoms with Gasteiger partial charge in [0.25, 0.3) is 0 Å². The summed E-state index contributed by atoms with van der Waals surface area (Å²) in [4.78, 5) is 23.8. The molecule has 1 amide bonds. The van der Waals surface area contributed by atoms with Crippen LogP contribution in [0.15, 0.2) is 38.9 Å². The molecule has 2 rings (SSSR count). The van der Waals surface area contributed by atoms with Crippen molar-refractivity contribution in [2.45, 2.75) is 39.3 Å². The molecule has 0 saturated carbocycles. The number of hydrogen-bond acceptors (Lipinski definition) is 3. The second-order valence-corrected chi connectivity index (χ2v) is 6.86. The number of benzene rings is 1. The first-order chi connectivity index (χ1) is 10.5. The van der Waals surface area contributed by atoms with Crippen molar-refractivity contribution in [3.8, 4) is 0 Å². The molecule has 2 aromatic rings. The summed E-state index contributed by atoms with van der Waals surface area (Å²) in [5.74, 6) is -0.0349. The third-order valence-corrected chi connectivity index (χ3v) is 4.96. The first-order valence-corrected chi connectivity index (χ1v) is 8.88. The molecular weight excluding hydrogens is 364 g/mol. The Kier molecular flexibility index (Phi) is 5.97. The van der Waals surface area contributed by atoms with Crippen LogP contribution in [0.3, 0.4) is 0 Å². The zero-order chi connectivity index (χ0) is 16.1. The Morgan fingerprint density at radius 2 is 2.05 bits per heavy atom. The van der Waals surface area contributed by atoms with Crippen molar-refractivity contribution in [3.63, 3.8) is 0 Å². The van der Waals surface area contributed by atoms with Crippen molar-refractivity contribution >= 4 is 33.2 Å². The van der Waals surface area contributed by atoms with Gasteiger partial charge in [-0.3, -0.25) is 9.59 Å². The number of carbonyl (C=O) groups excluding carboxylic acids is 1. The van der Waals surface area contributed by atoms with Gasteiger partial charge >= 0.3 is 4.87 Å². The van der Waals surface area contributed by atoms with E-state index >= 15 is 0 Å². The Labute approximate surface area is 142 Å². The molecule has 1 aromatic heterocycles. The van der Waals surface area contributed by atoms with Gasteiger partial charge in [0, 0.05) is 28.5 Å². The van der Waals surface area contributed by atoms with E-state index in [0.717, 1.165) is 22.2 Å². The molecule has 0 aliphatic heterocycles. The molecule has 1 N–H and O–H groups in total. The lowest BCUT2D eigenvalue weighted by molar-refractivity contribution is -0.122. The quantitative estimate of drug-likeness (QED) is 0.828. The lowest BCUT2D eigenvalue weighted by Gasteiger charge is -2.17. The largest absolute Gasteiger partial charge is 0.349 e. The summed E-state index contributed by atoms with van der Waals surface area (Å²) in [5.41, 5.74) is 1.99. The number of carbonyl (C=O) groups is 1. The van der Waals surface area contributed by atoms with Gasteiger partial charge in [0.15, 0.2) is 0 Å². The molecule has 0 fully saturated rings. The van der Waals surface area contributed by atoms with Crippen LogP contribution < -0.4 is 10.2 Å². The second kappa shape index (κ2) is 7.74. The summed E-state index contributed by atoms with van der Waals surface area (Å²) >= 11 is 4.58. The monoisotopic (exact) mass is 382 g/mol. The van der Waals surface area contributed by atoms with E-state index in [4.69, 9.17) is 0 Å². The fourth-order valence-corrected chi connectivity index (χ4v) is 3.30. The molecule has 1 heterocycles. The molecule has 4 nitrogen and oxygen atoms in total. The molecule has 0 aliphatic carbocycles. The minimum absolute atomic E-state index is 0.000827. The minimum atomic E-state index is -0.0349. The zero-order valence-corrected chi connectivity index (χ0v) is 15.0. The highest BCUT2D eigenvalue weighted by Crippen LogP contribution is 2.19. The normalized spacial score (nSPS) is 12.1. The van der Waals surface area contributed by atoms with Gasteiger partial charge in [0.2, 0.25) is 5.91 Å². The third kappa shape index (κ3) is 4.30. The van der Waals surface area contributed by atoms with Crippen LogP contribution >= 0.6 is 27.3 Å². The highest BCUT2D eigenvalue weighted by molar-refractivity contribution is 9.10. The fourth-order valence-electron chi connectivity index (χ4n) is 2.27. The van der Waals surface area contributed by atoms with Gasteiger partial charge in [-0.2, -0.15) is 0 Å². The second-order valence-electron chi connectivity index (χ2n) is 5.12. The van der Waals surface area contributed by atoms with Crippen molar-refractivity contribution in [2.75, 3.05) is 0 Å². The van der Waals surface area contributed by atoms with E-state index in [9.17, 15) is 9.59 Å². The Hall–Kier alpha value is -1.40. The molecule has 22 heavy (non-hydrogen) atoms. The van der Waals surface area contributed by atoms with Gasteiger partial charge in [-0.15, -0.1) is 0 Å². The Balaban J connectivity index is 1.95. The Bertz CT molecular complexity index is 691. The molecule has 1 unspecified atom stereocenters. The average molecular weight is 383 g/mol. The molecule has 0 spiro atoms. The standard InChI is InChI=1S/C16H19BrN2O2S/c1-3-14(12-4-6-13(17)7-5-12)18-15(20)8-9-19-11(2)10-22-16(19)21/h4-7,10,14H,3,8-9H2,1-2H3,(H,18,20). The smallest absolute Gasteiger partial charge is 0.307 e. The summed E-state index contributed by atoms with van der Waals surface area (Å²) < 4.78 is 2.66. The predicted molar refractivity (Wildman–Crippen MR) is 93.2 cm³/mol. The average Bonchev–Trinajstić information content (AvgIpc) is 2.82. The lowest BCUT2D eigenvalue weighted by Crippen LogP contribution is -2.29. The van der Waals surface area contributed by atoms with E-state index in [0.29, 0.717) is 13.0 Å². The van der Waals surface area contributed by atoms with Crippen LogP contribution in [0.2, 0.25) is 0 Å². The summed E-state index contributed by atoms with van der Waals surface area (Å²) in [7, 11) is 0. The summed E-state index contributed by atoms with van der Waals surface area (Å²) in [6, 6.07) is 7.95. The van der Waals surface area contributed by atoms with E-state index in [1.807, 2.05) is 43.5 Å². The summed E-state index contributed by atoms with van der Waals surface area (Å²) in [5, 5.41) is 4.85. The SMILES string of the molecule is CCC(NC(=O)CCn1c(C)csc1=O)c1ccc(Br)cc1. The van der Waals surface area contributed by atoms with Gasteiger partial charge in [0.1, 0.15) is 0 Å². The first-order valence-electron chi connectivity index (χ1n) is 7.21. The van der Waals surface area contributed by atoms with Crippen LogP contribution in [0.4, 0.5) is 0 Å². The maximum atomic E-state index is 12.1. The van der Waals surface area contributed by atoms with Gasteiger partial charge in [-0.1, -0.05) is 46.3 Å². The number of aromatic nitrogens is 1. The number of nitrogens with one attached hydrogen (secondary N) is 1. The zero-order valence-electron chi connectivity index (χ0n) is 12.6. The van der Waals surface area contributed by atoms with Gasteiger partial charge < -0.3 is 9.88 Å². The maximum Gasteiger partial charge on any atom is 0.307 e. The maximum absolute atomic E-state index is 12.1. The summed E-state index contributed by atoms with van der Waals surface area (Å²) in [6.07, 6.45) is 1.13. The first kappa shape index (κ1) is 17.0. The molecular formula is C16H19BrN2O2S. The summed E-state index contributed by atoms with van der Waals surface area (Å²) in [6.45, 7) is 4.35.